The second kappa shape index (κ2) is 8.44. The van der Waals surface area contributed by atoms with Gasteiger partial charge in [-0.3, -0.25) is 0 Å². The summed E-state index contributed by atoms with van der Waals surface area (Å²) in [6.07, 6.45) is 2.59. The first-order valence-electron chi connectivity index (χ1n) is 7.22. The molecule has 1 atom stereocenters. The molecule has 1 heterocycles. The van der Waals surface area contributed by atoms with E-state index in [1.54, 1.807) is 0 Å². The van der Waals surface area contributed by atoms with Crippen LogP contribution in [0.2, 0.25) is 0 Å². The zero-order valence-corrected chi connectivity index (χ0v) is 14.5. The number of fused-ring (bicyclic) bond motifs is 1. The Bertz CT molecular complexity index is 804. The third-order valence-corrected chi connectivity index (χ3v) is 4.93. The smallest absolute Gasteiger partial charge is 0.336 e. The first-order chi connectivity index (χ1) is 10.5. The summed E-state index contributed by atoms with van der Waals surface area (Å²) in [6.45, 7) is 2.29. The number of rotatable bonds is 7. The molecule has 0 radical (unpaired) electrons. The predicted molar refractivity (Wildman–Crippen MR) is 92.4 cm³/mol. The number of hydrogen-bond acceptors (Lipinski definition) is 5. The third-order valence-electron chi connectivity index (χ3n) is 3.41. The Balaban J connectivity index is 0.00000264. The van der Waals surface area contributed by atoms with Crippen molar-refractivity contribution in [2.75, 3.05) is 6.54 Å². The van der Waals surface area contributed by atoms with Crippen molar-refractivity contribution in [3.05, 3.63) is 40.8 Å². The highest BCUT2D eigenvalue weighted by Crippen LogP contribution is 2.18. The zero-order chi connectivity index (χ0) is 16.2. The fourth-order valence-electron chi connectivity index (χ4n) is 2.18. The molecule has 0 bridgehead atoms. The number of sulfonamides is 1. The lowest BCUT2D eigenvalue weighted by Crippen LogP contribution is -2.40. The average Bonchev–Trinajstić information content (AvgIpc) is 2.50. The van der Waals surface area contributed by atoms with Crippen LogP contribution in [0, 0.1) is 0 Å². The highest BCUT2D eigenvalue weighted by molar-refractivity contribution is 7.89. The van der Waals surface area contributed by atoms with Crippen molar-refractivity contribution in [3.8, 4) is 0 Å². The van der Waals surface area contributed by atoms with Gasteiger partial charge in [-0.1, -0.05) is 19.8 Å². The summed E-state index contributed by atoms with van der Waals surface area (Å²) in [7, 11) is -3.65. The minimum atomic E-state index is -3.65. The SMILES string of the molecule is CCCCC(CN)NS(=O)(=O)c1ccc2oc(=O)ccc2c1.Cl. The van der Waals surface area contributed by atoms with Gasteiger partial charge < -0.3 is 10.2 Å². The van der Waals surface area contributed by atoms with Crippen LogP contribution in [0.25, 0.3) is 11.0 Å². The van der Waals surface area contributed by atoms with E-state index in [1.807, 2.05) is 6.92 Å². The summed E-state index contributed by atoms with van der Waals surface area (Å²) in [5.41, 5.74) is 5.52. The number of unbranched alkanes of at least 4 members (excludes halogenated alkanes) is 1. The molecular weight excluding hydrogens is 340 g/mol. The van der Waals surface area contributed by atoms with E-state index >= 15 is 0 Å². The van der Waals surface area contributed by atoms with Crippen molar-refractivity contribution in [1.29, 1.82) is 0 Å². The summed E-state index contributed by atoms with van der Waals surface area (Å²) in [4.78, 5) is 11.3. The molecule has 0 amide bonds. The van der Waals surface area contributed by atoms with Gasteiger partial charge >= 0.3 is 5.63 Å². The van der Waals surface area contributed by atoms with Gasteiger partial charge in [-0.05, 0) is 30.7 Å². The van der Waals surface area contributed by atoms with Gasteiger partial charge in [-0.25, -0.2) is 17.9 Å². The Morgan fingerprint density at radius 2 is 2.00 bits per heavy atom. The van der Waals surface area contributed by atoms with Crippen LogP contribution in [0.3, 0.4) is 0 Å². The first-order valence-corrected chi connectivity index (χ1v) is 8.71. The number of benzene rings is 1. The molecule has 0 saturated heterocycles. The van der Waals surface area contributed by atoms with Crippen LogP contribution < -0.4 is 16.1 Å². The lowest BCUT2D eigenvalue weighted by atomic mass is 10.1. The Morgan fingerprint density at radius 1 is 1.26 bits per heavy atom. The van der Waals surface area contributed by atoms with Crippen molar-refractivity contribution in [2.45, 2.75) is 37.1 Å². The summed E-state index contributed by atoms with van der Waals surface area (Å²) in [5.74, 6) is 0. The Hall–Kier alpha value is -1.41. The zero-order valence-electron chi connectivity index (χ0n) is 12.8. The van der Waals surface area contributed by atoms with Crippen molar-refractivity contribution in [1.82, 2.24) is 4.72 Å². The van der Waals surface area contributed by atoms with Crippen LogP contribution in [0.5, 0.6) is 0 Å². The van der Waals surface area contributed by atoms with Crippen molar-refractivity contribution in [2.24, 2.45) is 5.73 Å². The van der Waals surface area contributed by atoms with Crippen molar-refractivity contribution in [3.63, 3.8) is 0 Å². The van der Waals surface area contributed by atoms with Crippen LogP contribution in [0.1, 0.15) is 26.2 Å². The van der Waals surface area contributed by atoms with E-state index in [0.717, 1.165) is 12.8 Å². The second-order valence-electron chi connectivity index (χ2n) is 5.15. The fraction of sp³-hybridized carbons (Fsp3) is 0.400. The predicted octanol–water partition coefficient (Wildman–Crippen LogP) is 2.01. The van der Waals surface area contributed by atoms with Gasteiger partial charge in [0.05, 0.1) is 4.90 Å². The maximum Gasteiger partial charge on any atom is 0.336 e. The summed E-state index contributed by atoms with van der Waals surface area (Å²) < 4.78 is 32.5. The molecule has 2 aromatic rings. The maximum atomic E-state index is 12.4. The summed E-state index contributed by atoms with van der Waals surface area (Å²) >= 11 is 0. The topological polar surface area (TPSA) is 102 Å². The van der Waals surface area contributed by atoms with Crippen LogP contribution in [0.4, 0.5) is 0 Å². The number of nitrogens with two attached hydrogens (primary N) is 1. The van der Waals surface area contributed by atoms with Crippen molar-refractivity contribution >= 4 is 33.4 Å². The Kier molecular flexibility index (Phi) is 7.21. The molecule has 6 nitrogen and oxygen atoms in total. The van der Waals surface area contributed by atoms with E-state index in [4.69, 9.17) is 10.2 Å². The molecule has 2 rings (SSSR count). The molecular formula is C15H21ClN2O4S. The Morgan fingerprint density at radius 3 is 2.65 bits per heavy atom. The van der Waals surface area contributed by atoms with Gasteiger partial charge in [0.2, 0.25) is 10.0 Å². The molecule has 0 aliphatic carbocycles. The monoisotopic (exact) mass is 360 g/mol. The van der Waals surface area contributed by atoms with Gasteiger partial charge in [-0.2, -0.15) is 0 Å². The highest BCUT2D eigenvalue weighted by Gasteiger charge is 2.19. The molecule has 1 aromatic heterocycles. The highest BCUT2D eigenvalue weighted by atomic mass is 35.5. The average molecular weight is 361 g/mol. The number of hydrogen-bond donors (Lipinski definition) is 2. The standard InChI is InChI=1S/C15H20N2O4S.ClH/c1-2-3-4-12(10-16)17-22(19,20)13-6-7-14-11(9-13)5-8-15(18)21-14;/h5-9,12,17H,2-4,10,16H2,1H3;1H. The molecule has 0 fully saturated rings. The molecule has 128 valence electrons. The fourth-order valence-corrected chi connectivity index (χ4v) is 3.50. The second-order valence-corrected chi connectivity index (χ2v) is 6.86. The van der Waals surface area contributed by atoms with Gasteiger partial charge in [0, 0.05) is 24.0 Å². The van der Waals surface area contributed by atoms with Crippen molar-refractivity contribution < 1.29 is 12.8 Å². The summed E-state index contributed by atoms with van der Waals surface area (Å²) in [6, 6.07) is 6.90. The van der Waals surface area contributed by atoms with Crippen LogP contribution in [-0.4, -0.2) is 21.0 Å². The molecule has 0 aliphatic rings. The Labute approximate surface area is 141 Å². The van der Waals surface area contributed by atoms with Crippen LogP contribution in [-0.2, 0) is 10.0 Å². The van der Waals surface area contributed by atoms with E-state index in [0.29, 0.717) is 17.4 Å². The molecule has 0 saturated carbocycles. The largest absolute Gasteiger partial charge is 0.423 e. The number of halogens is 1. The molecule has 1 unspecified atom stereocenters. The van der Waals surface area contributed by atoms with Crippen LogP contribution in [0.15, 0.2) is 44.4 Å². The molecule has 0 aliphatic heterocycles. The lowest BCUT2D eigenvalue weighted by molar-refractivity contribution is 0.516. The minimum Gasteiger partial charge on any atom is -0.423 e. The van der Waals surface area contributed by atoms with E-state index in [2.05, 4.69) is 4.72 Å². The minimum absolute atomic E-state index is 0. The molecule has 0 spiro atoms. The van der Waals surface area contributed by atoms with E-state index in [9.17, 15) is 13.2 Å². The first kappa shape index (κ1) is 19.6. The van der Waals surface area contributed by atoms with Crippen LogP contribution >= 0.6 is 12.4 Å². The lowest BCUT2D eigenvalue weighted by Gasteiger charge is -2.16. The van der Waals surface area contributed by atoms with E-state index in [-0.39, 0.29) is 29.9 Å². The van der Waals surface area contributed by atoms with Gasteiger partial charge in [0.15, 0.2) is 0 Å². The quantitative estimate of drug-likeness (QED) is 0.735. The molecule has 3 N–H and O–H groups in total. The van der Waals surface area contributed by atoms with Gasteiger partial charge in [0.25, 0.3) is 0 Å². The molecule has 23 heavy (non-hydrogen) atoms. The van der Waals surface area contributed by atoms with E-state index < -0.39 is 15.6 Å². The molecule has 1 aromatic carbocycles. The third kappa shape index (κ3) is 5.04. The van der Waals surface area contributed by atoms with E-state index in [1.165, 1.54) is 30.3 Å². The van der Waals surface area contributed by atoms with Gasteiger partial charge in [0.1, 0.15) is 5.58 Å². The van der Waals surface area contributed by atoms with Gasteiger partial charge in [-0.15, -0.1) is 12.4 Å². The number of nitrogens with one attached hydrogen (secondary N) is 1. The maximum absolute atomic E-state index is 12.4. The summed E-state index contributed by atoms with van der Waals surface area (Å²) in [5, 5.41) is 0.556. The molecule has 8 heteroatoms. The normalized spacial score (nSPS) is 12.8.